The average Bonchev–Trinajstić information content (AvgIpc) is 2.53. The molecule has 3 heteroatoms. The number of aryl methyl sites for hydroxylation is 2. The van der Waals surface area contributed by atoms with E-state index < -0.39 is 0 Å². The summed E-state index contributed by atoms with van der Waals surface area (Å²) in [6.45, 7) is 0.836. The monoisotopic (exact) mass is 266 g/mol. The number of para-hydroxylation sites is 1. The molecular weight excluding hydrogens is 248 g/mol. The first-order valence-corrected chi connectivity index (χ1v) is 7.12. The minimum atomic E-state index is 0.209. The van der Waals surface area contributed by atoms with Crippen molar-refractivity contribution >= 4 is 11.6 Å². The molecule has 1 aliphatic rings. The molecule has 0 atom stereocenters. The second-order valence-electron chi connectivity index (χ2n) is 5.14. The van der Waals surface area contributed by atoms with Gasteiger partial charge in [0, 0.05) is 31.0 Å². The molecule has 0 radical (unpaired) electrons. The number of carbonyl (C=O) groups excluding carboxylic acids is 1. The first kappa shape index (κ1) is 12.9. The van der Waals surface area contributed by atoms with E-state index in [0.29, 0.717) is 6.42 Å². The Morgan fingerprint density at radius 2 is 2.10 bits per heavy atom. The van der Waals surface area contributed by atoms with Crippen LogP contribution in [0.4, 0.5) is 5.69 Å². The lowest BCUT2D eigenvalue weighted by molar-refractivity contribution is -0.118. The third-order valence-corrected chi connectivity index (χ3v) is 3.76. The summed E-state index contributed by atoms with van der Waals surface area (Å²) in [5, 5.41) is 0. The Morgan fingerprint density at radius 1 is 1.20 bits per heavy atom. The van der Waals surface area contributed by atoms with E-state index in [1.165, 1.54) is 5.56 Å². The van der Waals surface area contributed by atoms with Crippen molar-refractivity contribution in [2.24, 2.45) is 0 Å². The van der Waals surface area contributed by atoms with Gasteiger partial charge in [0.1, 0.15) is 0 Å². The van der Waals surface area contributed by atoms with Gasteiger partial charge in [-0.25, -0.2) is 0 Å². The Balaban J connectivity index is 1.69. The highest BCUT2D eigenvalue weighted by Gasteiger charge is 2.21. The van der Waals surface area contributed by atoms with Gasteiger partial charge in [-0.05, 0) is 42.5 Å². The van der Waals surface area contributed by atoms with E-state index in [-0.39, 0.29) is 5.91 Å². The van der Waals surface area contributed by atoms with Crippen molar-refractivity contribution in [1.29, 1.82) is 0 Å². The van der Waals surface area contributed by atoms with Crippen LogP contribution in [0.2, 0.25) is 0 Å². The van der Waals surface area contributed by atoms with Crippen LogP contribution in [0.25, 0.3) is 0 Å². The van der Waals surface area contributed by atoms with E-state index >= 15 is 0 Å². The lowest BCUT2D eigenvalue weighted by atomic mass is 10.0. The van der Waals surface area contributed by atoms with Gasteiger partial charge in [-0.15, -0.1) is 0 Å². The Hall–Kier alpha value is -2.16. The average molecular weight is 266 g/mol. The number of pyridine rings is 1. The third-order valence-electron chi connectivity index (χ3n) is 3.76. The van der Waals surface area contributed by atoms with Gasteiger partial charge in [0.15, 0.2) is 0 Å². The molecule has 1 aliphatic heterocycles. The van der Waals surface area contributed by atoms with Crippen molar-refractivity contribution in [1.82, 2.24) is 4.98 Å². The summed E-state index contributed by atoms with van der Waals surface area (Å²) in [5.41, 5.74) is 3.49. The van der Waals surface area contributed by atoms with Crippen LogP contribution in [-0.4, -0.2) is 17.4 Å². The van der Waals surface area contributed by atoms with Crippen molar-refractivity contribution in [2.45, 2.75) is 25.7 Å². The molecule has 1 amide bonds. The van der Waals surface area contributed by atoms with Gasteiger partial charge < -0.3 is 4.90 Å². The van der Waals surface area contributed by atoms with Crippen LogP contribution >= 0.6 is 0 Å². The maximum atomic E-state index is 12.4. The number of anilines is 1. The van der Waals surface area contributed by atoms with Crippen LogP contribution in [0.3, 0.4) is 0 Å². The smallest absolute Gasteiger partial charge is 0.227 e. The highest BCUT2D eigenvalue weighted by atomic mass is 16.2. The molecule has 0 fully saturated rings. The number of carbonyl (C=O) groups is 1. The van der Waals surface area contributed by atoms with Crippen molar-refractivity contribution in [3.05, 3.63) is 59.9 Å². The summed E-state index contributed by atoms with van der Waals surface area (Å²) in [4.78, 5) is 18.5. The number of rotatable bonds is 3. The fourth-order valence-corrected chi connectivity index (χ4v) is 2.72. The van der Waals surface area contributed by atoms with Crippen LogP contribution in [0.5, 0.6) is 0 Å². The summed E-state index contributed by atoms with van der Waals surface area (Å²) in [7, 11) is 0. The van der Waals surface area contributed by atoms with Crippen LogP contribution in [0, 0.1) is 0 Å². The number of nitrogens with zero attached hydrogens (tertiary/aromatic N) is 2. The van der Waals surface area contributed by atoms with E-state index in [4.69, 9.17) is 0 Å². The summed E-state index contributed by atoms with van der Waals surface area (Å²) in [5.74, 6) is 0.209. The zero-order valence-electron chi connectivity index (χ0n) is 11.5. The van der Waals surface area contributed by atoms with Crippen LogP contribution in [0.15, 0.2) is 48.8 Å². The number of benzene rings is 1. The predicted octanol–water partition coefficient (Wildman–Crippen LogP) is 2.99. The Kier molecular flexibility index (Phi) is 3.77. The molecule has 2 heterocycles. The quantitative estimate of drug-likeness (QED) is 0.855. The summed E-state index contributed by atoms with van der Waals surface area (Å²) < 4.78 is 0. The van der Waals surface area contributed by atoms with Crippen molar-refractivity contribution in [2.75, 3.05) is 11.4 Å². The van der Waals surface area contributed by atoms with E-state index in [1.807, 2.05) is 35.4 Å². The van der Waals surface area contributed by atoms with Gasteiger partial charge in [-0.3, -0.25) is 9.78 Å². The van der Waals surface area contributed by atoms with Gasteiger partial charge in [0.2, 0.25) is 5.91 Å². The van der Waals surface area contributed by atoms with E-state index in [2.05, 4.69) is 17.1 Å². The lowest BCUT2D eigenvalue weighted by Gasteiger charge is -2.29. The van der Waals surface area contributed by atoms with Gasteiger partial charge in [0.05, 0.1) is 0 Å². The highest BCUT2D eigenvalue weighted by molar-refractivity contribution is 5.94. The Labute approximate surface area is 119 Å². The summed E-state index contributed by atoms with van der Waals surface area (Å²) >= 11 is 0. The Morgan fingerprint density at radius 3 is 2.95 bits per heavy atom. The molecular formula is C17H18N2O. The number of fused-ring (bicyclic) bond motifs is 1. The SMILES string of the molecule is O=C(CCc1cccnc1)N1CCCc2ccccc21. The largest absolute Gasteiger partial charge is 0.312 e. The predicted molar refractivity (Wildman–Crippen MR) is 79.7 cm³/mol. The molecule has 20 heavy (non-hydrogen) atoms. The molecule has 0 saturated heterocycles. The summed E-state index contributed by atoms with van der Waals surface area (Å²) in [6, 6.07) is 12.2. The van der Waals surface area contributed by atoms with Gasteiger partial charge >= 0.3 is 0 Å². The molecule has 1 aromatic carbocycles. The van der Waals surface area contributed by atoms with Crippen molar-refractivity contribution in [3.8, 4) is 0 Å². The molecule has 0 spiro atoms. The maximum absolute atomic E-state index is 12.4. The number of amides is 1. The number of aromatic nitrogens is 1. The van der Waals surface area contributed by atoms with E-state index in [1.54, 1.807) is 6.20 Å². The molecule has 0 aliphatic carbocycles. The molecule has 2 aromatic rings. The van der Waals surface area contributed by atoms with Gasteiger partial charge in [-0.2, -0.15) is 0 Å². The van der Waals surface area contributed by atoms with Gasteiger partial charge in [0.25, 0.3) is 0 Å². The zero-order valence-corrected chi connectivity index (χ0v) is 11.5. The fraction of sp³-hybridized carbons (Fsp3) is 0.294. The molecule has 3 rings (SSSR count). The topological polar surface area (TPSA) is 33.2 Å². The van der Waals surface area contributed by atoms with Crippen molar-refractivity contribution in [3.63, 3.8) is 0 Å². The lowest BCUT2D eigenvalue weighted by Crippen LogP contribution is -2.35. The van der Waals surface area contributed by atoms with Crippen LogP contribution in [-0.2, 0) is 17.6 Å². The van der Waals surface area contributed by atoms with Crippen molar-refractivity contribution < 1.29 is 4.79 Å². The van der Waals surface area contributed by atoms with Crippen LogP contribution < -0.4 is 4.90 Å². The first-order valence-electron chi connectivity index (χ1n) is 7.12. The standard InChI is InChI=1S/C17H18N2O/c20-17(10-9-14-5-3-11-18-13-14)19-12-4-7-15-6-1-2-8-16(15)19/h1-3,5-6,8,11,13H,4,7,9-10,12H2. The highest BCUT2D eigenvalue weighted by Crippen LogP contribution is 2.27. The molecule has 102 valence electrons. The van der Waals surface area contributed by atoms with E-state index in [0.717, 1.165) is 37.1 Å². The molecule has 1 aromatic heterocycles. The second kappa shape index (κ2) is 5.87. The minimum absolute atomic E-state index is 0.209. The number of hydrogen-bond acceptors (Lipinski definition) is 2. The normalized spacial score (nSPS) is 13.9. The molecule has 0 saturated carbocycles. The zero-order chi connectivity index (χ0) is 13.8. The fourth-order valence-electron chi connectivity index (χ4n) is 2.72. The minimum Gasteiger partial charge on any atom is -0.312 e. The second-order valence-corrected chi connectivity index (χ2v) is 5.14. The molecule has 3 nitrogen and oxygen atoms in total. The first-order chi connectivity index (χ1) is 9.84. The van der Waals surface area contributed by atoms with E-state index in [9.17, 15) is 4.79 Å². The third kappa shape index (κ3) is 2.72. The van der Waals surface area contributed by atoms with Crippen LogP contribution in [0.1, 0.15) is 24.0 Å². The number of hydrogen-bond donors (Lipinski definition) is 0. The molecule has 0 unspecified atom stereocenters. The summed E-state index contributed by atoms with van der Waals surface area (Å²) in [6.07, 6.45) is 7.01. The van der Waals surface area contributed by atoms with Gasteiger partial charge in [-0.1, -0.05) is 24.3 Å². The molecule has 0 bridgehead atoms. The Bertz CT molecular complexity index is 595. The maximum Gasteiger partial charge on any atom is 0.227 e. The molecule has 0 N–H and O–H groups in total.